The number of hydrogen-bond donors (Lipinski definition) is 0. The molecule has 0 N–H and O–H groups in total. The van der Waals surface area contributed by atoms with Crippen LogP contribution in [0.2, 0.25) is 5.02 Å². The van der Waals surface area contributed by atoms with Gasteiger partial charge in [0.15, 0.2) is 11.4 Å². The van der Waals surface area contributed by atoms with Crippen LogP contribution in [0, 0.1) is 0 Å². The van der Waals surface area contributed by atoms with Gasteiger partial charge in [-0.15, -0.1) is 0 Å². The summed E-state index contributed by atoms with van der Waals surface area (Å²) in [4.78, 5) is 16.3. The summed E-state index contributed by atoms with van der Waals surface area (Å²) in [5.41, 5.74) is 1.07. The molecule has 1 heterocycles. The van der Waals surface area contributed by atoms with Gasteiger partial charge in [-0.25, -0.2) is 9.78 Å². The zero-order valence-electron chi connectivity index (χ0n) is 12.8. The van der Waals surface area contributed by atoms with Crippen LogP contribution in [-0.4, -0.2) is 18.1 Å². The Morgan fingerprint density at radius 2 is 1.96 bits per heavy atom. The first-order chi connectivity index (χ1) is 11.6. The van der Waals surface area contributed by atoms with E-state index in [1.165, 1.54) is 7.11 Å². The molecule has 0 atom stereocenters. The Hall–Kier alpha value is -2.11. The summed E-state index contributed by atoms with van der Waals surface area (Å²) in [6, 6.07) is 13.2. The lowest BCUT2D eigenvalue weighted by atomic mass is 10.1. The van der Waals surface area contributed by atoms with Crippen LogP contribution in [0.3, 0.4) is 0 Å². The van der Waals surface area contributed by atoms with Gasteiger partial charge >= 0.3 is 5.97 Å². The summed E-state index contributed by atoms with van der Waals surface area (Å²) in [6.45, 7) is 0.286. The first-order valence-corrected chi connectivity index (χ1v) is 8.30. The Morgan fingerprint density at radius 1 is 1.21 bits per heavy atom. The van der Waals surface area contributed by atoms with Crippen LogP contribution in [0.25, 0.3) is 10.8 Å². The molecule has 0 amide bonds. The third-order valence-corrected chi connectivity index (χ3v) is 4.52. The van der Waals surface area contributed by atoms with E-state index in [0.29, 0.717) is 16.2 Å². The molecule has 3 rings (SSSR count). The molecule has 122 valence electrons. The highest BCUT2D eigenvalue weighted by Gasteiger charge is 2.21. The molecule has 0 radical (unpaired) electrons. The van der Waals surface area contributed by atoms with E-state index in [0.717, 1.165) is 15.4 Å². The number of carbonyl (C=O) groups excluding carboxylic acids is 1. The van der Waals surface area contributed by atoms with Crippen molar-refractivity contribution in [2.45, 2.75) is 6.61 Å². The van der Waals surface area contributed by atoms with Gasteiger partial charge in [0, 0.05) is 21.4 Å². The molecule has 0 spiro atoms. The number of halogens is 2. The molecule has 0 unspecified atom stereocenters. The molecule has 0 fully saturated rings. The summed E-state index contributed by atoms with van der Waals surface area (Å²) in [6.07, 6.45) is 1.58. The smallest absolute Gasteiger partial charge is 0.360 e. The van der Waals surface area contributed by atoms with Crippen molar-refractivity contribution in [3.05, 3.63) is 69.4 Å². The monoisotopic (exact) mass is 405 g/mol. The Morgan fingerprint density at radius 3 is 2.67 bits per heavy atom. The van der Waals surface area contributed by atoms with Crippen molar-refractivity contribution in [3.63, 3.8) is 0 Å². The molecule has 0 saturated carbocycles. The van der Waals surface area contributed by atoms with Crippen molar-refractivity contribution in [1.82, 2.24) is 4.98 Å². The van der Waals surface area contributed by atoms with Gasteiger partial charge in [-0.3, -0.25) is 0 Å². The number of hydrogen-bond acceptors (Lipinski definition) is 4. The van der Waals surface area contributed by atoms with Gasteiger partial charge in [0.25, 0.3) is 0 Å². The number of methoxy groups -OCH3 is 1. The molecule has 24 heavy (non-hydrogen) atoms. The molecule has 0 saturated heterocycles. The van der Waals surface area contributed by atoms with Crippen LogP contribution in [0.15, 0.2) is 53.1 Å². The van der Waals surface area contributed by atoms with Crippen molar-refractivity contribution in [3.8, 4) is 5.75 Å². The Bertz CT molecular complexity index is 900. The van der Waals surface area contributed by atoms with Crippen LogP contribution in [0.4, 0.5) is 0 Å². The zero-order chi connectivity index (χ0) is 17.1. The van der Waals surface area contributed by atoms with Gasteiger partial charge in [-0.2, -0.15) is 0 Å². The molecule has 0 aliphatic rings. The predicted octanol–water partition coefficient (Wildman–Crippen LogP) is 5.02. The normalized spacial score (nSPS) is 10.6. The molecule has 2 aromatic carbocycles. The Kier molecular flexibility index (Phi) is 5.02. The van der Waals surface area contributed by atoms with E-state index in [1.807, 2.05) is 36.4 Å². The van der Waals surface area contributed by atoms with Gasteiger partial charge in [0.05, 0.1) is 12.1 Å². The lowest BCUT2D eigenvalue weighted by Crippen LogP contribution is -2.09. The standard InChI is InChI=1S/C18H13BrClNO3/c1-23-18(22)16-17(24-10-11-5-3-2-4-6-11)15-12(9-21-16)13(19)7-8-14(15)20/h2-9H,10H2,1H3. The molecule has 0 aliphatic carbocycles. The number of carbonyl (C=O) groups is 1. The van der Waals surface area contributed by atoms with Crippen molar-refractivity contribution in [2.75, 3.05) is 7.11 Å². The minimum Gasteiger partial charge on any atom is -0.486 e. The zero-order valence-corrected chi connectivity index (χ0v) is 15.1. The Balaban J connectivity index is 2.14. The molecular formula is C18H13BrClNO3. The van der Waals surface area contributed by atoms with Crippen LogP contribution < -0.4 is 4.74 Å². The first kappa shape index (κ1) is 16.7. The van der Waals surface area contributed by atoms with Crippen molar-refractivity contribution in [1.29, 1.82) is 0 Å². The summed E-state index contributed by atoms with van der Waals surface area (Å²) >= 11 is 9.82. The van der Waals surface area contributed by atoms with E-state index >= 15 is 0 Å². The Labute approximate surface area is 152 Å². The predicted molar refractivity (Wildman–Crippen MR) is 96.6 cm³/mol. The number of fused-ring (bicyclic) bond motifs is 1. The third kappa shape index (κ3) is 3.23. The van der Waals surface area contributed by atoms with E-state index in [4.69, 9.17) is 21.1 Å². The largest absolute Gasteiger partial charge is 0.486 e. The van der Waals surface area contributed by atoms with E-state index < -0.39 is 5.97 Å². The summed E-state index contributed by atoms with van der Waals surface area (Å²) in [7, 11) is 1.30. The van der Waals surface area contributed by atoms with Gasteiger partial charge in [-0.05, 0) is 17.7 Å². The van der Waals surface area contributed by atoms with Crippen molar-refractivity contribution in [2.24, 2.45) is 0 Å². The van der Waals surface area contributed by atoms with Crippen molar-refractivity contribution < 1.29 is 14.3 Å². The fourth-order valence-corrected chi connectivity index (χ4v) is 3.03. The van der Waals surface area contributed by atoms with E-state index in [2.05, 4.69) is 20.9 Å². The SMILES string of the molecule is COC(=O)c1ncc2c(Br)ccc(Cl)c2c1OCc1ccccc1. The van der Waals surface area contributed by atoms with Crippen LogP contribution >= 0.6 is 27.5 Å². The van der Waals surface area contributed by atoms with E-state index in [1.54, 1.807) is 12.3 Å². The molecule has 1 aromatic heterocycles. The number of pyridine rings is 1. The maximum atomic E-state index is 12.1. The number of benzene rings is 2. The fourth-order valence-electron chi connectivity index (χ4n) is 2.34. The molecule has 0 aliphatic heterocycles. The fraction of sp³-hybridized carbons (Fsp3) is 0.111. The van der Waals surface area contributed by atoms with Gasteiger partial charge < -0.3 is 9.47 Å². The average Bonchev–Trinajstić information content (AvgIpc) is 2.62. The van der Waals surface area contributed by atoms with E-state index in [-0.39, 0.29) is 12.3 Å². The molecular weight excluding hydrogens is 394 g/mol. The number of nitrogens with zero attached hydrogens (tertiary/aromatic N) is 1. The second kappa shape index (κ2) is 7.20. The lowest BCUT2D eigenvalue weighted by molar-refractivity contribution is 0.0589. The second-order valence-electron chi connectivity index (χ2n) is 5.02. The topological polar surface area (TPSA) is 48.4 Å². The van der Waals surface area contributed by atoms with Crippen LogP contribution in [0.5, 0.6) is 5.75 Å². The molecule has 0 bridgehead atoms. The van der Waals surface area contributed by atoms with Gasteiger partial charge in [0.1, 0.15) is 6.61 Å². The number of ether oxygens (including phenoxy) is 2. The van der Waals surface area contributed by atoms with Crippen molar-refractivity contribution >= 4 is 44.3 Å². The molecule has 6 heteroatoms. The second-order valence-corrected chi connectivity index (χ2v) is 6.28. The van der Waals surface area contributed by atoms with Crippen LogP contribution in [-0.2, 0) is 11.3 Å². The maximum absolute atomic E-state index is 12.1. The van der Waals surface area contributed by atoms with Gasteiger partial charge in [-0.1, -0.05) is 57.9 Å². The minimum atomic E-state index is -0.573. The summed E-state index contributed by atoms with van der Waals surface area (Å²) in [5, 5.41) is 1.86. The number of rotatable bonds is 4. The highest BCUT2D eigenvalue weighted by Crippen LogP contribution is 2.38. The van der Waals surface area contributed by atoms with Gasteiger partial charge in [0.2, 0.25) is 0 Å². The van der Waals surface area contributed by atoms with Crippen LogP contribution in [0.1, 0.15) is 16.1 Å². The number of aromatic nitrogens is 1. The summed E-state index contributed by atoms with van der Waals surface area (Å²) < 4.78 is 11.6. The van der Waals surface area contributed by atoms with E-state index in [9.17, 15) is 4.79 Å². The minimum absolute atomic E-state index is 0.0981. The summed E-state index contributed by atoms with van der Waals surface area (Å²) in [5.74, 6) is -0.259. The first-order valence-electron chi connectivity index (χ1n) is 7.13. The highest BCUT2D eigenvalue weighted by molar-refractivity contribution is 9.10. The highest BCUT2D eigenvalue weighted by atomic mass is 79.9. The number of esters is 1. The quantitative estimate of drug-likeness (QED) is 0.571. The molecule has 4 nitrogen and oxygen atoms in total. The molecule has 3 aromatic rings. The maximum Gasteiger partial charge on any atom is 0.360 e. The third-order valence-electron chi connectivity index (χ3n) is 3.51. The lowest BCUT2D eigenvalue weighted by Gasteiger charge is -2.14. The average molecular weight is 407 g/mol.